The molecule has 0 radical (unpaired) electrons. The Bertz CT molecular complexity index is 933. The molecule has 2 aromatic carbocycles. The van der Waals surface area contributed by atoms with Gasteiger partial charge in [-0.1, -0.05) is 18.2 Å². The first kappa shape index (κ1) is 21.2. The molecule has 1 fully saturated rings. The molecule has 0 spiro atoms. The van der Waals surface area contributed by atoms with Gasteiger partial charge in [-0.2, -0.15) is 13.2 Å². The van der Waals surface area contributed by atoms with Crippen LogP contribution >= 0.6 is 15.9 Å². The molecule has 5 nitrogen and oxygen atoms in total. The van der Waals surface area contributed by atoms with Gasteiger partial charge < -0.3 is 15.0 Å². The molecule has 9 heteroatoms. The average molecular weight is 471 g/mol. The fraction of sp³-hybridized carbons (Fsp3) is 0.300. The summed E-state index contributed by atoms with van der Waals surface area (Å²) in [7, 11) is 0. The number of nitrogens with zero attached hydrogens (tertiary/aromatic N) is 1. The van der Waals surface area contributed by atoms with Gasteiger partial charge in [-0.3, -0.25) is 9.59 Å². The minimum absolute atomic E-state index is 0.0937. The second kappa shape index (κ2) is 8.44. The van der Waals surface area contributed by atoms with Crippen molar-refractivity contribution >= 4 is 39.1 Å². The molecule has 1 aliphatic heterocycles. The molecule has 0 aromatic heterocycles. The van der Waals surface area contributed by atoms with Crippen molar-refractivity contribution in [2.45, 2.75) is 19.5 Å². The summed E-state index contributed by atoms with van der Waals surface area (Å²) in [6, 6.07) is 11.7. The molecule has 29 heavy (non-hydrogen) atoms. The van der Waals surface area contributed by atoms with Gasteiger partial charge in [0.05, 0.1) is 11.4 Å². The molecule has 0 aliphatic carbocycles. The van der Waals surface area contributed by atoms with Crippen molar-refractivity contribution in [1.29, 1.82) is 0 Å². The normalized spacial score (nSPS) is 16.8. The molecular formula is C20H18BrF3N2O3. The Hall–Kier alpha value is -2.55. The minimum atomic E-state index is -4.50. The van der Waals surface area contributed by atoms with Gasteiger partial charge in [0.1, 0.15) is 11.7 Å². The van der Waals surface area contributed by atoms with E-state index in [0.717, 1.165) is 4.47 Å². The summed E-state index contributed by atoms with van der Waals surface area (Å²) in [4.78, 5) is 26.9. The second-order valence-corrected chi connectivity index (χ2v) is 7.53. The first-order chi connectivity index (χ1) is 13.7. The lowest BCUT2D eigenvalue weighted by Crippen LogP contribution is -2.33. The molecule has 1 unspecified atom stereocenters. The third-order valence-electron chi connectivity index (χ3n) is 4.45. The zero-order chi connectivity index (χ0) is 21.2. The number of carbonyl (C=O) groups excluding carboxylic acids is 2. The standard InChI is InChI=1S/C20H18BrF3N2O3/c1-12-6-7-15(17(10-12)29-11-20(22,23)24)25-18(27)13-8-9-26(19(13)28)16-5-3-2-4-14(16)21/h2-7,10,13H,8-9,11H2,1H3,(H,25,27). The zero-order valence-corrected chi connectivity index (χ0v) is 17.0. The fourth-order valence-electron chi connectivity index (χ4n) is 3.06. The number of anilines is 2. The second-order valence-electron chi connectivity index (χ2n) is 6.68. The quantitative estimate of drug-likeness (QED) is 0.644. The highest BCUT2D eigenvalue weighted by atomic mass is 79.9. The smallest absolute Gasteiger partial charge is 0.422 e. The number of ether oxygens (including phenoxy) is 1. The van der Waals surface area contributed by atoms with Crippen LogP contribution in [-0.2, 0) is 9.59 Å². The van der Waals surface area contributed by atoms with E-state index in [0.29, 0.717) is 24.2 Å². The van der Waals surface area contributed by atoms with Crippen molar-refractivity contribution in [3.8, 4) is 5.75 Å². The highest BCUT2D eigenvalue weighted by Crippen LogP contribution is 2.33. The number of hydrogen-bond acceptors (Lipinski definition) is 3. The Balaban J connectivity index is 1.74. The maximum Gasteiger partial charge on any atom is 0.422 e. The summed E-state index contributed by atoms with van der Waals surface area (Å²) in [5.41, 5.74) is 1.44. The lowest BCUT2D eigenvalue weighted by molar-refractivity contribution is -0.153. The summed E-state index contributed by atoms with van der Waals surface area (Å²) in [5, 5.41) is 2.54. The van der Waals surface area contributed by atoms with Crippen LogP contribution in [0, 0.1) is 12.8 Å². The number of halogens is 4. The topological polar surface area (TPSA) is 58.6 Å². The van der Waals surface area contributed by atoms with E-state index in [-0.39, 0.29) is 17.3 Å². The van der Waals surface area contributed by atoms with Gasteiger partial charge in [-0.05, 0) is 59.1 Å². The van der Waals surface area contributed by atoms with Gasteiger partial charge in [0.15, 0.2) is 6.61 Å². The highest BCUT2D eigenvalue weighted by Gasteiger charge is 2.38. The number of hydrogen-bond donors (Lipinski definition) is 1. The Morgan fingerprint density at radius 3 is 2.69 bits per heavy atom. The lowest BCUT2D eigenvalue weighted by Gasteiger charge is -2.19. The highest BCUT2D eigenvalue weighted by molar-refractivity contribution is 9.10. The largest absolute Gasteiger partial charge is 0.482 e. The summed E-state index contributed by atoms with van der Waals surface area (Å²) in [6.07, 6.45) is -4.20. The molecule has 1 heterocycles. The number of alkyl halides is 3. The maximum atomic E-state index is 12.8. The molecule has 2 amide bonds. The number of amides is 2. The predicted molar refractivity (Wildman–Crippen MR) is 106 cm³/mol. The Kier molecular flexibility index (Phi) is 6.16. The van der Waals surface area contributed by atoms with E-state index in [2.05, 4.69) is 21.2 Å². The maximum absolute atomic E-state index is 12.8. The summed E-state index contributed by atoms with van der Waals surface area (Å²) >= 11 is 3.39. The van der Waals surface area contributed by atoms with Gasteiger partial charge in [-0.15, -0.1) is 0 Å². The molecule has 0 bridgehead atoms. The van der Waals surface area contributed by atoms with Crippen LogP contribution in [-0.4, -0.2) is 31.1 Å². The van der Waals surface area contributed by atoms with Gasteiger partial charge >= 0.3 is 6.18 Å². The van der Waals surface area contributed by atoms with Crippen LogP contribution in [0.2, 0.25) is 0 Å². The number of para-hydroxylation sites is 1. The molecular weight excluding hydrogens is 453 g/mol. The molecule has 1 saturated heterocycles. The van der Waals surface area contributed by atoms with Gasteiger partial charge in [0, 0.05) is 11.0 Å². The van der Waals surface area contributed by atoms with Crippen LogP contribution in [0.3, 0.4) is 0 Å². The van der Waals surface area contributed by atoms with Crippen molar-refractivity contribution in [2.24, 2.45) is 5.92 Å². The zero-order valence-electron chi connectivity index (χ0n) is 15.4. The summed E-state index contributed by atoms with van der Waals surface area (Å²) in [6.45, 7) is 0.588. The SMILES string of the molecule is Cc1ccc(NC(=O)C2CCN(c3ccccc3Br)C2=O)c(OCC(F)(F)F)c1. The Morgan fingerprint density at radius 2 is 2.00 bits per heavy atom. The predicted octanol–water partition coefficient (Wildman–Crippen LogP) is 4.69. The molecule has 154 valence electrons. The third kappa shape index (κ3) is 5.09. The van der Waals surface area contributed by atoms with Crippen molar-refractivity contribution in [3.05, 3.63) is 52.5 Å². The molecule has 1 aliphatic rings. The van der Waals surface area contributed by atoms with Gasteiger partial charge in [-0.25, -0.2) is 0 Å². The van der Waals surface area contributed by atoms with Crippen LogP contribution in [0.4, 0.5) is 24.5 Å². The van der Waals surface area contributed by atoms with Gasteiger partial charge in [0.25, 0.3) is 0 Å². The minimum Gasteiger partial charge on any atom is -0.482 e. The van der Waals surface area contributed by atoms with Gasteiger partial charge in [0.2, 0.25) is 11.8 Å². The molecule has 2 aromatic rings. The number of benzene rings is 2. The van der Waals surface area contributed by atoms with E-state index in [4.69, 9.17) is 4.74 Å². The van der Waals surface area contributed by atoms with Crippen molar-refractivity contribution in [1.82, 2.24) is 0 Å². The molecule has 3 rings (SSSR count). The molecule has 1 N–H and O–H groups in total. The number of carbonyl (C=O) groups is 2. The molecule has 1 atom stereocenters. The van der Waals surface area contributed by atoms with Crippen LogP contribution in [0.25, 0.3) is 0 Å². The van der Waals surface area contributed by atoms with Crippen LogP contribution in [0.15, 0.2) is 46.9 Å². The number of rotatable bonds is 5. The fourth-order valence-corrected chi connectivity index (χ4v) is 3.56. The van der Waals surface area contributed by atoms with Crippen molar-refractivity contribution in [2.75, 3.05) is 23.4 Å². The molecule has 0 saturated carbocycles. The average Bonchev–Trinajstić information content (AvgIpc) is 3.03. The van der Waals surface area contributed by atoms with Crippen LogP contribution < -0.4 is 15.0 Å². The van der Waals surface area contributed by atoms with Crippen molar-refractivity contribution in [3.63, 3.8) is 0 Å². The lowest BCUT2D eigenvalue weighted by atomic mass is 10.1. The monoisotopic (exact) mass is 470 g/mol. The summed E-state index contributed by atoms with van der Waals surface area (Å²) in [5.74, 6) is -1.97. The van der Waals surface area contributed by atoms with E-state index < -0.39 is 24.6 Å². The first-order valence-electron chi connectivity index (χ1n) is 8.82. The van der Waals surface area contributed by atoms with E-state index >= 15 is 0 Å². The van der Waals surface area contributed by atoms with Crippen LogP contribution in [0.5, 0.6) is 5.75 Å². The number of nitrogens with one attached hydrogen (secondary N) is 1. The number of aryl methyl sites for hydroxylation is 1. The van der Waals surface area contributed by atoms with E-state index in [1.54, 1.807) is 31.2 Å². The summed E-state index contributed by atoms with van der Waals surface area (Å²) < 4.78 is 43.1. The van der Waals surface area contributed by atoms with E-state index in [1.807, 2.05) is 6.07 Å². The Morgan fingerprint density at radius 1 is 1.28 bits per heavy atom. The van der Waals surface area contributed by atoms with E-state index in [9.17, 15) is 22.8 Å². The third-order valence-corrected chi connectivity index (χ3v) is 5.12. The first-order valence-corrected chi connectivity index (χ1v) is 9.62. The van der Waals surface area contributed by atoms with E-state index in [1.165, 1.54) is 17.0 Å². The van der Waals surface area contributed by atoms with Crippen LogP contribution in [0.1, 0.15) is 12.0 Å². The Labute approximate surface area is 174 Å². The van der Waals surface area contributed by atoms with Crippen molar-refractivity contribution < 1.29 is 27.5 Å².